The molecule has 1 aliphatic carbocycles. The van der Waals surface area contributed by atoms with Crippen LogP contribution in [0.3, 0.4) is 0 Å². The van der Waals surface area contributed by atoms with Crippen LogP contribution in [-0.2, 0) is 0 Å². The predicted molar refractivity (Wildman–Crippen MR) is 70.2 cm³/mol. The van der Waals surface area contributed by atoms with Crippen LogP contribution in [0.2, 0.25) is 0 Å². The predicted octanol–water partition coefficient (Wildman–Crippen LogP) is 1.33. The van der Waals surface area contributed by atoms with Crippen LogP contribution in [0.4, 0.5) is 11.4 Å². The van der Waals surface area contributed by atoms with E-state index in [1.54, 1.807) is 12.1 Å². The van der Waals surface area contributed by atoms with Crippen molar-refractivity contribution >= 4 is 22.9 Å². The third-order valence-electron chi connectivity index (χ3n) is 3.18. The Morgan fingerprint density at radius 2 is 1.58 bits per heavy atom. The average molecular weight is 254 g/mol. The number of rotatable bonds is 0. The van der Waals surface area contributed by atoms with Gasteiger partial charge in [0.15, 0.2) is 11.6 Å². The van der Waals surface area contributed by atoms with E-state index in [0.29, 0.717) is 0 Å². The summed E-state index contributed by atoms with van der Waals surface area (Å²) in [4.78, 5) is 24.7. The van der Waals surface area contributed by atoms with Gasteiger partial charge in [0.2, 0.25) is 0 Å². The van der Waals surface area contributed by atoms with Crippen molar-refractivity contribution in [1.29, 1.82) is 0 Å². The zero-order valence-electron chi connectivity index (χ0n) is 9.81. The molecule has 0 amide bonds. The average Bonchev–Trinajstić information content (AvgIpc) is 2.35. The van der Waals surface area contributed by atoms with Gasteiger partial charge in [-0.05, 0) is 12.1 Å². The Labute approximate surface area is 108 Å². The summed E-state index contributed by atoms with van der Waals surface area (Å²) >= 11 is 0. The fraction of sp³-hybridized carbons (Fsp3) is 0. The van der Waals surface area contributed by atoms with Crippen molar-refractivity contribution in [2.24, 2.45) is 0 Å². The first-order chi connectivity index (χ1) is 9.00. The highest BCUT2D eigenvalue weighted by Crippen LogP contribution is 2.36. The number of fused-ring (bicyclic) bond motifs is 2. The largest absolute Gasteiger partial charge is 0.507 e. The van der Waals surface area contributed by atoms with E-state index in [1.165, 1.54) is 18.2 Å². The number of phenolic OH excluding ortho intramolecular Hbond substituents is 1. The standard InChI is InChI=1S/C14H10N2O3/c15-6-4-8-12(10(17)5-6)13(18)7-2-1-3-9(16)11(7)14(8)19/h1-5,17H,15-16H2. The summed E-state index contributed by atoms with van der Waals surface area (Å²) in [5, 5.41) is 9.84. The Bertz CT molecular complexity index is 751. The van der Waals surface area contributed by atoms with Gasteiger partial charge in [-0.1, -0.05) is 12.1 Å². The summed E-state index contributed by atoms with van der Waals surface area (Å²) in [7, 11) is 0. The molecular formula is C14H10N2O3. The molecule has 5 heteroatoms. The lowest BCUT2D eigenvalue weighted by Crippen LogP contribution is -2.22. The van der Waals surface area contributed by atoms with E-state index >= 15 is 0 Å². The summed E-state index contributed by atoms with van der Waals surface area (Å²) in [6, 6.07) is 7.30. The second kappa shape index (κ2) is 3.58. The smallest absolute Gasteiger partial charge is 0.198 e. The number of phenols is 1. The van der Waals surface area contributed by atoms with E-state index in [9.17, 15) is 14.7 Å². The molecule has 94 valence electrons. The Kier molecular flexibility index (Phi) is 2.13. The van der Waals surface area contributed by atoms with Gasteiger partial charge >= 0.3 is 0 Å². The highest BCUT2D eigenvalue weighted by atomic mass is 16.3. The monoisotopic (exact) mass is 254 g/mol. The van der Waals surface area contributed by atoms with Crippen molar-refractivity contribution in [3.8, 4) is 5.75 Å². The number of ketones is 2. The lowest BCUT2D eigenvalue weighted by Gasteiger charge is -2.19. The zero-order chi connectivity index (χ0) is 13.7. The number of carbonyl (C=O) groups excluding carboxylic acids is 2. The van der Waals surface area contributed by atoms with Crippen LogP contribution in [0, 0.1) is 0 Å². The van der Waals surface area contributed by atoms with Gasteiger partial charge in [-0.3, -0.25) is 9.59 Å². The van der Waals surface area contributed by atoms with E-state index in [0.717, 1.165) is 0 Å². The molecule has 0 fully saturated rings. The van der Waals surface area contributed by atoms with Crippen molar-refractivity contribution in [1.82, 2.24) is 0 Å². The summed E-state index contributed by atoms with van der Waals surface area (Å²) in [6.45, 7) is 0. The number of hydrogen-bond donors (Lipinski definition) is 3. The van der Waals surface area contributed by atoms with Crippen molar-refractivity contribution in [3.05, 3.63) is 52.6 Å². The zero-order valence-corrected chi connectivity index (χ0v) is 9.81. The fourth-order valence-corrected chi connectivity index (χ4v) is 2.35. The van der Waals surface area contributed by atoms with E-state index in [1.807, 2.05) is 0 Å². The highest BCUT2D eigenvalue weighted by Gasteiger charge is 2.33. The third kappa shape index (κ3) is 1.41. The number of benzene rings is 2. The lowest BCUT2D eigenvalue weighted by atomic mass is 9.82. The minimum Gasteiger partial charge on any atom is -0.507 e. The topological polar surface area (TPSA) is 106 Å². The van der Waals surface area contributed by atoms with Crippen LogP contribution in [0.15, 0.2) is 30.3 Å². The van der Waals surface area contributed by atoms with Gasteiger partial charge in [0.1, 0.15) is 5.75 Å². The molecule has 0 spiro atoms. The van der Waals surface area contributed by atoms with Gasteiger partial charge < -0.3 is 16.6 Å². The first-order valence-corrected chi connectivity index (χ1v) is 5.61. The van der Waals surface area contributed by atoms with Gasteiger partial charge in [0.25, 0.3) is 0 Å². The van der Waals surface area contributed by atoms with Crippen LogP contribution in [0.5, 0.6) is 5.75 Å². The van der Waals surface area contributed by atoms with E-state index in [2.05, 4.69) is 0 Å². The molecule has 0 saturated heterocycles. The van der Waals surface area contributed by atoms with Gasteiger partial charge in [-0.15, -0.1) is 0 Å². The number of nitrogens with two attached hydrogens (primary N) is 2. The van der Waals surface area contributed by atoms with Crippen molar-refractivity contribution in [2.45, 2.75) is 0 Å². The van der Waals surface area contributed by atoms with Gasteiger partial charge in [0.05, 0.1) is 11.1 Å². The van der Waals surface area contributed by atoms with E-state index < -0.39 is 11.6 Å². The number of anilines is 2. The molecule has 5 N–H and O–H groups in total. The molecule has 5 nitrogen and oxygen atoms in total. The molecular weight excluding hydrogens is 244 g/mol. The first-order valence-electron chi connectivity index (χ1n) is 5.61. The quantitative estimate of drug-likeness (QED) is 0.525. The molecule has 0 radical (unpaired) electrons. The molecule has 0 aliphatic heterocycles. The van der Waals surface area contributed by atoms with Crippen LogP contribution >= 0.6 is 0 Å². The second-order valence-electron chi connectivity index (χ2n) is 4.39. The molecule has 2 aromatic carbocycles. The minimum absolute atomic E-state index is 0.0164. The van der Waals surface area contributed by atoms with Gasteiger partial charge in [-0.2, -0.15) is 0 Å². The van der Waals surface area contributed by atoms with Crippen LogP contribution < -0.4 is 11.5 Å². The molecule has 0 bridgehead atoms. The number of hydrogen-bond acceptors (Lipinski definition) is 5. The summed E-state index contributed by atoms with van der Waals surface area (Å²) in [5.74, 6) is -1.11. The molecule has 0 aromatic heterocycles. The second-order valence-corrected chi connectivity index (χ2v) is 4.39. The number of carbonyl (C=O) groups is 2. The molecule has 1 aliphatic rings. The maximum Gasteiger partial charge on any atom is 0.198 e. The molecule has 0 saturated carbocycles. The highest BCUT2D eigenvalue weighted by molar-refractivity contribution is 6.31. The Morgan fingerprint density at radius 1 is 0.895 bits per heavy atom. The molecule has 0 atom stereocenters. The Balaban J connectivity index is 2.40. The van der Waals surface area contributed by atoms with Crippen molar-refractivity contribution in [3.63, 3.8) is 0 Å². The summed E-state index contributed by atoms with van der Waals surface area (Å²) in [6.07, 6.45) is 0. The lowest BCUT2D eigenvalue weighted by molar-refractivity contribution is 0.0977. The van der Waals surface area contributed by atoms with Crippen molar-refractivity contribution in [2.75, 3.05) is 11.5 Å². The maximum atomic E-state index is 12.4. The SMILES string of the molecule is Nc1cc(O)c2c(c1)C(=O)c1c(N)cccc1C2=O. The van der Waals surface area contributed by atoms with Crippen LogP contribution in [0.25, 0.3) is 0 Å². The number of aromatic hydroxyl groups is 1. The fourth-order valence-electron chi connectivity index (χ4n) is 2.35. The normalized spacial score (nSPS) is 13.1. The third-order valence-corrected chi connectivity index (χ3v) is 3.18. The van der Waals surface area contributed by atoms with E-state index in [4.69, 9.17) is 11.5 Å². The maximum absolute atomic E-state index is 12.4. The minimum atomic E-state index is -0.422. The molecule has 0 unspecified atom stereocenters. The van der Waals surface area contributed by atoms with Crippen LogP contribution in [-0.4, -0.2) is 16.7 Å². The summed E-state index contributed by atoms with van der Waals surface area (Å²) < 4.78 is 0. The molecule has 19 heavy (non-hydrogen) atoms. The molecule has 2 aromatic rings. The van der Waals surface area contributed by atoms with Gasteiger partial charge in [-0.25, -0.2) is 0 Å². The van der Waals surface area contributed by atoms with E-state index in [-0.39, 0.29) is 39.4 Å². The first kappa shape index (κ1) is 11.3. The van der Waals surface area contributed by atoms with Crippen LogP contribution in [0.1, 0.15) is 31.8 Å². The summed E-state index contributed by atoms with van der Waals surface area (Å²) in [5.41, 5.74) is 12.3. The Morgan fingerprint density at radius 3 is 2.32 bits per heavy atom. The number of nitrogen functional groups attached to an aromatic ring is 2. The molecule has 3 rings (SSSR count). The van der Waals surface area contributed by atoms with Crippen molar-refractivity contribution < 1.29 is 14.7 Å². The van der Waals surface area contributed by atoms with Gasteiger partial charge in [0, 0.05) is 28.6 Å². The molecule has 0 heterocycles. The Hall–Kier alpha value is -2.82.